The molecule has 0 spiro atoms. The molecule has 0 radical (unpaired) electrons. The fraction of sp³-hybridized carbons (Fsp3) is 0.571. The summed E-state index contributed by atoms with van der Waals surface area (Å²) in [5.41, 5.74) is 0.423. The van der Waals surface area contributed by atoms with Gasteiger partial charge in [0.25, 0.3) is 0 Å². The van der Waals surface area contributed by atoms with Gasteiger partial charge in [-0.1, -0.05) is 30.9 Å². The van der Waals surface area contributed by atoms with Gasteiger partial charge in [0.05, 0.1) is 19.2 Å². The Morgan fingerprint density at radius 2 is 1.78 bits per heavy atom. The van der Waals surface area contributed by atoms with E-state index in [0.29, 0.717) is 17.1 Å². The molecule has 1 aromatic rings. The summed E-state index contributed by atoms with van der Waals surface area (Å²) in [6.07, 6.45) is 10.3. The molecule has 0 atom stereocenters. The third-order valence-electron chi connectivity index (χ3n) is 5.63. The van der Waals surface area contributed by atoms with E-state index in [2.05, 4.69) is 9.80 Å². The molecule has 1 aromatic carbocycles. The first-order valence-electron chi connectivity index (χ1n) is 9.75. The van der Waals surface area contributed by atoms with E-state index in [-0.39, 0.29) is 10.8 Å². The Bertz CT molecular complexity index is 678. The highest BCUT2D eigenvalue weighted by Crippen LogP contribution is 2.37. The summed E-state index contributed by atoms with van der Waals surface area (Å²) in [6, 6.07) is 4.14. The number of benzene rings is 1. The van der Waals surface area contributed by atoms with Crippen LogP contribution in [0, 0.1) is 0 Å². The maximum absolute atomic E-state index is 12.6. The molecular weight excluding hydrogens is 364 g/mol. The standard InChI is InChI=1S/C21H29ClN2O3/c1-26-19-9-8-17(20(22)21(19)27-2)18(25)10-11-23-12-14-24(15-13-23)16-6-4-3-5-7-16/h8-11,16H,3-7,12-15H2,1-2H3. The van der Waals surface area contributed by atoms with Gasteiger partial charge in [0.1, 0.15) is 0 Å². The molecule has 0 bridgehead atoms. The number of carbonyl (C=O) groups excluding carboxylic acids is 1. The first-order chi connectivity index (χ1) is 13.1. The molecule has 6 heteroatoms. The van der Waals surface area contributed by atoms with Gasteiger partial charge in [-0.2, -0.15) is 0 Å². The normalized spacial score (nSPS) is 19.4. The van der Waals surface area contributed by atoms with E-state index < -0.39 is 0 Å². The third kappa shape index (κ3) is 4.77. The summed E-state index contributed by atoms with van der Waals surface area (Å²) in [6.45, 7) is 4.06. The summed E-state index contributed by atoms with van der Waals surface area (Å²) in [5.74, 6) is 0.775. The highest BCUT2D eigenvalue weighted by molar-refractivity contribution is 6.36. The van der Waals surface area contributed by atoms with Gasteiger partial charge in [0, 0.05) is 50.1 Å². The van der Waals surface area contributed by atoms with Gasteiger partial charge >= 0.3 is 0 Å². The van der Waals surface area contributed by atoms with Crippen molar-refractivity contribution in [3.8, 4) is 11.5 Å². The molecule has 0 aromatic heterocycles. The number of piperazine rings is 1. The molecule has 0 amide bonds. The van der Waals surface area contributed by atoms with Crippen LogP contribution < -0.4 is 9.47 Å². The molecule has 2 aliphatic rings. The molecule has 2 fully saturated rings. The van der Waals surface area contributed by atoms with Crippen molar-refractivity contribution in [2.24, 2.45) is 0 Å². The minimum Gasteiger partial charge on any atom is -0.493 e. The van der Waals surface area contributed by atoms with Crippen molar-refractivity contribution in [2.75, 3.05) is 40.4 Å². The lowest BCUT2D eigenvalue weighted by atomic mass is 9.94. The number of nitrogens with zero attached hydrogens (tertiary/aromatic N) is 2. The predicted molar refractivity (Wildman–Crippen MR) is 108 cm³/mol. The number of rotatable bonds is 6. The Kier molecular flexibility index (Phi) is 7.02. The molecule has 3 rings (SSSR count). The maximum atomic E-state index is 12.6. The summed E-state index contributed by atoms with van der Waals surface area (Å²) >= 11 is 6.33. The monoisotopic (exact) mass is 392 g/mol. The molecule has 1 heterocycles. The second kappa shape index (κ2) is 9.47. The quantitative estimate of drug-likeness (QED) is 0.540. The molecule has 1 aliphatic heterocycles. The van der Waals surface area contributed by atoms with Gasteiger partial charge in [0.15, 0.2) is 17.3 Å². The van der Waals surface area contributed by atoms with Crippen LogP contribution in [0.5, 0.6) is 11.5 Å². The minimum atomic E-state index is -0.129. The second-order valence-corrected chi connectivity index (χ2v) is 7.58. The van der Waals surface area contributed by atoms with Crippen LogP contribution in [0.15, 0.2) is 24.4 Å². The number of ether oxygens (including phenoxy) is 2. The van der Waals surface area contributed by atoms with E-state index in [1.54, 1.807) is 25.3 Å². The van der Waals surface area contributed by atoms with Crippen LogP contribution in [-0.4, -0.2) is 62.0 Å². The van der Waals surface area contributed by atoms with Crippen LogP contribution in [0.2, 0.25) is 5.02 Å². The molecule has 1 saturated carbocycles. The van der Waals surface area contributed by atoms with Crippen LogP contribution in [0.1, 0.15) is 42.5 Å². The lowest BCUT2D eigenvalue weighted by Crippen LogP contribution is -2.49. The third-order valence-corrected chi connectivity index (χ3v) is 6.00. The molecular formula is C21H29ClN2O3. The van der Waals surface area contributed by atoms with Crippen molar-refractivity contribution in [3.63, 3.8) is 0 Å². The van der Waals surface area contributed by atoms with E-state index >= 15 is 0 Å². The van der Waals surface area contributed by atoms with E-state index in [4.69, 9.17) is 21.1 Å². The van der Waals surface area contributed by atoms with E-state index in [9.17, 15) is 4.79 Å². The van der Waals surface area contributed by atoms with E-state index in [1.807, 2.05) is 6.20 Å². The summed E-state index contributed by atoms with van der Waals surface area (Å²) in [5, 5.41) is 0.286. The summed E-state index contributed by atoms with van der Waals surface area (Å²) in [4.78, 5) is 17.4. The lowest BCUT2D eigenvalue weighted by Gasteiger charge is -2.40. The molecule has 148 valence electrons. The average Bonchev–Trinajstić information content (AvgIpc) is 2.72. The van der Waals surface area contributed by atoms with Crippen molar-refractivity contribution in [3.05, 3.63) is 35.0 Å². The van der Waals surface area contributed by atoms with Crippen LogP contribution >= 0.6 is 11.6 Å². The van der Waals surface area contributed by atoms with Crippen molar-refractivity contribution >= 4 is 17.4 Å². The Labute approximate surface area is 166 Å². The average molecular weight is 393 g/mol. The van der Waals surface area contributed by atoms with Gasteiger partial charge in [-0.25, -0.2) is 0 Å². The number of carbonyl (C=O) groups is 1. The molecule has 5 nitrogen and oxygen atoms in total. The number of ketones is 1. The van der Waals surface area contributed by atoms with E-state index in [0.717, 1.165) is 32.2 Å². The van der Waals surface area contributed by atoms with Crippen molar-refractivity contribution in [1.82, 2.24) is 9.80 Å². The highest BCUT2D eigenvalue weighted by Gasteiger charge is 2.24. The zero-order valence-electron chi connectivity index (χ0n) is 16.2. The molecule has 0 N–H and O–H groups in total. The van der Waals surface area contributed by atoms with Crippen molar-refractivity contribution < 1.29 is 14.3 Å². The van der Waals surface area contributed by atoms with Gasteiger partial charge in [-0.05, 0) is 25.0 Å². The Morgan fingerprint density at radius 3 is 2.41 bits per heavy atom. The maximum Gasteiger partial charge on any atom is 0.188 e. The Morgan fingerprint density at radius 1 is 1.07 bits per heavy atom. The lowest BCUT2D eigenvalue weighted by molar-refractivity contribution is 0.0977. The van der Waals surface area contributed by atoms with Gasteiger partial charge in [0.2, 0.25) is 0 Å². The second-order valence-electron chi connectivity index (χ2n) is 7.21. The molecule has 0 unspecified atom stereocenters. The Balaban J connectivity index is 1.58. The number of hydrogen-bond acceptors (Lipinski definition) is 5. The first kappa shape index (κ1) is 20.0. The van der Waals surface area contributed by atoms with Crippen LogP contribution in [0.4, 0.5) is 0 Å². The van der Waals surface area contributed by atoms with Crippen LogP contribution in [0.25, 0.3) is 0 Å². The smallest absolute Gasteiger partial charge is 0.188 e. The molecule has 27 heavy (non-hydrogen) atoms. The zero-order valence-corrected chi connectivity index (χ0v) is 17.0. The zero-order chi connectivity index (χ0) is 19.2. The van der Waals surface area contributed by atoms with Gasteiger partial charge in [-0.3, -0.25) is 9.69 Å². The van der Waals surface area contributed by atoms with Crippen LogP contribution in [0.3, 0.4) is 0 Å². The van der Waals surface area contributed by atoms with Gasteiger partial charge < -0.3 is 14.4 Å². The summed E-state index contributed by atoms with van der Waals surface area (Å²) < 4.78 is 10.5. The summed E-state index contributed by atoms with van der Waals surface area (Å²) in [7, 11) is 3.06. The minimum absolute atomic E-state index is 0.129. The van der Waals surface area contributed by atoms with E-state index in [1.165, 1.54) is 39.2 Å². The SMILES string of the molecule is COc1ccc(C(=O)C=CN2CCN(C3CCCCC3)CC2)c(Cl)c1OC. The molecule has 1 aliphatic carbocycles. The number of methoxy groups -OCH3 is 2. The largest absolute Gasteiger partial charge is 0.493 e. The first-order valence-corrected chi connectivity index (χ1v) is 10.1. The molecule has 1 saturated heterocycles. The van der Waals surface area contributed by atoms with Crippen molar-refractivity contribution in [2.45, 2.75) is 38.1 Å². The topological polar surface area (TPSA) is 42.0 Å². The number of hydrogen-bond donors (Lipinski definition) is 0. The fourth-order valence-corrected chi connectivity index (χ4v) is 4.37. The van der Waals surface area contributed by atoms with Gasteiger partial charge in [-0.15, -0.1) is 0 Å². The number of allylic oxidation sites excluding steroid dienone is 1. The highest BCUT2D eigenvalue weighted by atomic mass is 35.5. The predicted octanol–water partition coefficient (Wildman–Crippen LogP) is 4.00. The number of halogens is 1. The van der Waals surface area contributed by atoms with Crippen LogP contribution in [-0.2, 0) is 0 Å². The fourth-order valence-electron chi connectivity index (χ4n) is 4.04. The Hall–Kier alpha value is -1.72. The van der Waals surface area contributed by atoms with Crippen molar-refractivity contribution in [1.29, 1.82) is 0 Å².